The van der Waals surface area contributed by atoms with Gasteiger partial charge in [-0.3, -0.25) is 4.55 Å². The van der Waals surface area contributed by atoms with Crippen molar-refractivity contribution in [3.05, 3.63) is 23.8 Å². The first-order valence-corrected chi connectivity index (χ1v) is 10.0. The standard InChI is InChI=1S/C14H19NO6S2/c1-10-14(2,3)12-9-11(23(19,20)21)5-6-13(12)15(10)7-4-8-22(16,17)18/h5-6,9H,4,7-8H2,1-3H3,(H-,16,17,18,19,20,21). The molecule has 0 saturated heterocycles. The molecule has 9 heteroatoms. The van der Waals surface area contributed by atoms with Crippen molar-refractivity contribution in [1.82, 2.24) is 0 Å². The molecule has 0 fully saturated rings. The van der Waals surface area contributed by atoms with Crippen LogP contribution in [0.25, 0.3) is 0 Å². The Hall–Kier alpha value is -1.29. The lowest BCUT2D eigenvalue weighted by atomic mass is 9.82. The van der Waals surface area contributed by atoms with Crippen molar-refractivity contribution in [2.45, 2.75) is 37.5 Å². The van der Waals surface area contributed by atoms with Crippen LogP contribution in [-0.4, -0.2) is 48.5 Å². The monoisotopic (exact) mass is 361 g/mol. The van der Waals surface area contributed by atoms with Gasteiger partial charge in [0.25, 0.3) is 10.1 Å². The fraction of sp³-hybridized carbons (Fsp3) is 0.500. The minimum atomic E-state index is -4.54. The maximum absolute atomic E-state index is 11.2. The first-order valence-electron chi connectivity index (χ1n) is 7.01. The highest BCUT2D eigenvalue weighted by atomic mass is 32.2. The first-order chi connectivity index (χ1) is 10.3. The van der Waals surface area contributed by atoms with Crippen molar-refractivity contribution in [1.29, 1.82) is 0 Å². The number of hydrogen-bond donors (Lipinski definition) is 1. The lowest BCUT2D eigenvalue weighted by Gasteiger charge is -2.16. The van der Waals surface area contributed by atoms with Gasteiger partial charge in [-0.2, -0.15) is 13.0 Å². The highest BCUT2D eigenvalue weighted by Crippen LogP contribution is 2.40. The molecule has 0 spiro atoms. The van der Waals surface area contributed by atoms with Gasteiger partial charge in [0.15, 0.2) is 5.71 Å². The zero-order valence-electron chi connectivity index (χ0n) is 13.1. The molecule has 0 atom stereocenters. The van der Waals surface area contributed by atoms with Crippen LogP contribution < -0.4 is 0 Å². The van der Waals surface area contributed by atoms with E-state index < -0.39 is 25.7 Å². The van der Waals surface area contributed by atoms with Crippen LogP contribution in [0.2, 0.25) is 0 Å². The van der Waals surface area contributed by atoms with E-state index in [1.165, 1.54) is 12.1 Å². The van der Waals surface area contributed by atoms with Gasteiger partial charge >= 0.3 is 0 Å². The van der Waals surface area contributed by atoms with Gasteiger partial charge in [-0.15, -0.1) is 0 Å². The molecule has 1 aromatic carbocycles. The first kappa shape index (κ1) is 18.1. The molecule has 0 bridgehead atoms. The largest absolute Gasteiger partial charge is 0.744 e. The Bertz CT molecular complexity index is 882. The molecule has 0 radical (unpaired) electrons. The van der Waals surface area contributed by atoms with Crippen LogP contribution in [0.15, 0.2) is 23.1 Å². The molecule has 0 aromatic heterocycles. The Morgan fingerprint density at radius 1 is 1.22 bits per heavy atom. The number of benzene rings is 1. The minimum Gasteiger partial charge on any atom is -0.744 e. The van der Waals surface area contributed by atoms with Gasteiger partial charge in [0, 0.05) is 25.0 Å². The molecular weight excluding hydrogens is 342 g/mol. The SMILES string of the molecule is CC1=[N+](CCCS(=O)(=O)O)c2ccc(S(=O)(=O)[O-])cc2C1(C)C. The van der Waals surface area contributed by atoms with Crippen molar-refractivity contribution >= 4 is 31.6 Å². The van der Waals surface area contributed by atoms with Crippen molar-refractivity contribution < 1.29 is 30.5 Å². The third kappa shape index (κ3) is 3.63. The Balaban J connectivity index is 2.42. The third-order valence-corrected chi connectivity index (χ3v) is 5.95. The molecule has 1 N–H and O–H groups in total. The molecule has 1 heterocycles. The number of hydrogen-bond acceptors (Lipinski definition) is 5. The van der Waals surface area contributed by atoms with E-state index in [4.69, 9.17) is 4.55 Å². The molecule has 1 aliphatic heterocycles. The quantitative estimate of drug-likeness (QED) is 0.624. The van der Waals surface area contributed by atoms with Gasteiger partial charge in [-0.1, -0.05) is 0 Å². The summed E-state index contributed by atoms with van der Waals surface area (Å²) >= 11 is 0. The zero-order valence-corrected chi connectivity index (χ0v) is 14.7. The van der Waals surface area contributed by atoms with Crippen molar-refractivity contribution in [3.63, 3.8) is 0 Å². The fourth-order valence-corrected chi connectivity index (χ4v) is 3.80. The molecule has 0 aliphatic carbocycles. The summed E-state index contributed by atoms with van der Waals surface area (Å²) in [6, 6.07) is 4.20. The molecule has 0 unspecified atom stereocenters. The van der Waals surface area contributed by atoms with Gasteiger partial charge in [0.2, 0.25) is 5.69 Å². The molecule has 7 nitrogen and oxygen atoms in total. The molecule has 1 aliphatic rings. The number of rotatable bonds is 5. The lowest BCUT2D eigenvalue weighted by molar-refractivity contribution is -0.438. The van der Waals surface area contributed by atoms with Gasteiger partial charge in [-0.05, 0) is 26.0 Å². The predicted octanol–water partition coefficient (Wildman–Crippen LogP) is 1.26. The van der Waals surface area contributed by atoms with Crippen LogP contribution in [0.5, 0.6) is 0 Å². The minimum absolute atomic E-state index is 0.229. The summed E-state index contributed by atoms with van der Waals surface area (Å²) in [4.78, 5) is -0.281. The van der Waals surface area contributed by atoms with Crippen LogP contribution >= 0.6 is 0 Å². The fourth-order valence-electron chi connectivity index (χ4n) is 2.81. The Labute approximate surface area is 136 Å². The van der Waals surface area contributed by atoms with Gasteiger partial charge in [-0.25, -0.2) is 8.42 Å². The summed E-state index contributed by atoms with van der Waals surface area (Å²) in [6.07, 6.45) is 0.229. The van der Waals surface area contributed by atoms with Gasteiger partial charge in [0.05, 0.1) is 16.1 Å². The normalized spacial score (nSPS) is 17.4. The summed E-state index contributed by atoms with van der Waals surface area (Å²) in [6.45, 7) is 6.06. The molecular formula is C14H19NO6S2. The zero-order chi connectivity index (χ0) is 17.6. The van der Waals surface area contributed by atoms with Crippen molar-refractivity contribution in [2.24, 2.45) is 0 Å². The second-order valence-electron chi connectivity index (χ2n) is 6.13. The second kappa shape index (κ2) is 5.66. The van der Waals surface area contributed by atoms with E-state index in [0.717, 1.165) is 11.4 Å². The molecule has 23 heavy (non-hydrogen) atoms. The smallest absolute Gasteiger partial charge is 0.265 e. The van der Waals surface area contributed by atoms with E-state index in [-0.39, 0.29) is 17.1 Å². The Kier molecular flexibility index (Phi) is 4.44. The summed E-state index contributed by atoms with van der Waals surface area (Å²) in [5.41, 5.74) is 1.89. The van der Waals surface area contributed by atoms with Crippen LogP contribution in [0.3, 0.4) is 0 Å². The molecule has 0 saturated carbocycles. The number of fused-ring (bicyclic) bond motifs is 1. The average Bonchev–Trinajstić information content (AvgIpc) is 2.57. The Morgan fingerprint density at radius 3 is 2.35 bits per heavy atom. The van der Waals surface area contributed by atoms with Crippen LogP contribution in [0.4, 0.5) is 5.69 Å². The molecule has 128 valence electrons. The lowest BCUT2D eigenvalue weighted by Crippen LogP contribution is -2.27. The maximum Gasteiger partial charge on any atom is 0.265 e. The van der Waals surface area contributed by atoms with E-state index in [9.17, 15) is 21.4 Å². The Morgan fingerprint density at radius 2 is 1.83 bits per heavy atom. The van der Waals surface area contributed by atoms with Crippen LogP contribution in [-0.2, 0) is 25.7 Å². The van der Waals surface area contributed by atoms with Gasteiger partial charge < -0.3 is 4.55 Å². The van der Waals surface area contributed by atoms with E-state index >= 15 is 0 Å². The highest BCUT2D eigenvalue weighted by molar-refractivity contribution is 7.86. The average molecular weight is 361 g/mol. The summed E-state index contributed by atoms with van der Waals surface area (Å²) in [5, 5.41) is 0. The van der Waals surface area contributed by atoms with Crippen LogP contribution in [0.1, 0.15) is 32.8 Å². The molecule has 1 aromatic rings. The third-order valence-electron chi connectivity index (χ3n) is 4.31. The summed E-state index contributed by atoms with van der Waals surface area (Å²) in [7, 11) is -8.56. The van der Waals surface area contributed by atoms with E-state index in [2.05, 4.69) is 0 Å². The summed E-state index contributed by atoms with van der Waals surface area (Å²) in [5.74, 6) is -0.348. The van der Waals surface area contributed by atoms with E-state index in [1.807, 2.05) is 25.3 Å². The summed E-state index contributed by atoms with van der Waals surface area (Å²) < 4.78 is 66.1. The van der Waals surface area contributed by atoms with Crippen molar-refractivity contribution in [3.8, 4) is 0 Å². The van der Waals surface area contributed by atoms with Crippen molar-refractivity contribution in [2.75, 3.05) is 12.3 Å². The molecule has 0 amide bonds. The highest BCUT2D eigenvalue weighted by Gasteiger charge is 2.43. The number of nitrogens with zero attached hydrogens (tertiary/aromatic N) is 1. The van der Waals surface area contributed by atoms with E-state index in [0.29, 0.717) is 12.1 Å². The topological polar surface area (TPSA) is 115 Å². The van der Waals surface area contributed by atoms with Gasteiger partial charge in [0.1, 0.15) is 16.7 Å². The molecule has 2 rings (SSSR count). The van der Waals surface area contributed by atoms with E-state index in [1.54, 1.807) is 6.07 Å². The second-order valence-corrected chi connectivity index (χ2v) is 9.09. The predicted molar refractivity (Wildman–Crippen MR) is 83.9 cm³/mol. The van der Waals surface area contributed by atoms with Crippen LogP contribution in [0, 0.1) is 0 Å². The maximum atomic E-state index is 11.2.